The van der Waals surface area contributed by atoms with Crippen LogP contribution in [0.25, 0.3) is 0 Å². The zero-order valence-corrected chi connectivity index (χ0v) is 14.1. The van der Waals surface area contributed by atoms with Gasteiger partial charge in [-0.3, -0.25) is 10.2 Å². The van der Waals surface area contributed by atoms with E-state index in [1.54, 1.807) is 0 Å². The van der Waals surface area contributed by atoms with Crippen LogP contribution in [0.15, 0.2) is 5.10 Å². The number of rotatable bonds is 8. The van der Waals surface area contributed by atoms with Crippen LogP contribution in [0, 0.1) is 5.92 Å². The summed E-state index contributed by atoms with van der Waals surface area (Å²) in [6.45, 7) is 11.3. The molecule has 0 saturated carbocycles. The van der Waals surface area contributed by atoms with E-state index in [2.05, 4.69) is 35.5 Å². The van der Waals surface area contributed by atoms with E-state index < -0.39 is 20.2 Å². The normalized spacial score (nSPS) is 14.2. The molecule has 0 bridgehead atoms. The van der Waals surface area contributed by atoms with Gasteiger partial charge in [-0.05, 0) is 12.0 Å². The molecule has 0 aromatic heterocycles. The van der Waals surface area contributed by atoms with E-state index in [1.165, 1.54) is 0 Å². The van der Waals surface area contributed by atoms with Gasteiger partial charge in [-0.2, -0.15) is 5.10 Å². The fourth-order valence-electron chi connectivity index (χ4n) is 1.07. The van der Waals surface area contributed by atoms with E-state index in [1.807, 2.05) is 13.8 Å². The Kier molecular flexibility index (Phi) is 8.43. The van der Waals surface area contributed by atoms with Crippen LogP contribution >= 0.6 is 0 Å². The quantitative estimate of drug-likeness (QED) is 0.128. The minimum absolute atomic E-state index is 0.0625. The minimum Gasteiger partial charge on any atom is -0.374 e. The summed E-state index contributed by atoms with van der Waals surface area (Å²) in [6.07, 6.45) is -0.879. The first kappa shape index (κ1) is 18.9. The lowest BCUT2D eigenvalue weighted by Gasteiger charge is -2.17. The average Bonchev–Trinajstić information content (AvgIpc) is 2.29. The number of hydrazone groups is 1. The molecule has 0 rings (SSSR count). The number of carbonyl (C=O) groups is 1. The lowest BCUT2D eigenvalue weighted by atomic mass is 10.2. The average molecular weight is 304 g/mol. The number of carbonyl (C=O) groups excluding carboxylic acids is 1. The molecule has 118 valence electrons. The molecule has 1 amide bonds. The summed E-state index contributed by atoms with van der Waals surface area (Å²) < 4.78 is 5.37. The van der Waals surface area contributed by atoms with Crippen LogP contribution in [-0.2, 0) is 9.53 Å². The Morgan fingerprint density at radius 3 is 2.45 bits per heavy atom. The molecule has 0 aliphatic carbocycles. The number of nitrogens with one attached hydrogen (secondary N) is 2. The number of ether oxygens (including phenoxy) is 1. The fourth-order valence-corrected chi connectivity index (χ4v) is 1.83. The zero-order valence-electron chi connectivity index (χ0n) is 13.1. The number of primary amides is 1. The maximum absolute atomic E-state index is 11.2. The summed E-state index contributed by atoms with van der Waals surface area (Å²) in [4.78, 5) is 11.2. The van der Waals surface area contributed by atoms with Gasteiger partial charge in [0.1, 0.15) is 13.0 Å². The highest BCUT2D eigenvalue weighted by Crippen LogP contribution is 2.06. The molecule has 0 radical (unpaired) electrons. The number of aliphatic hydroxyl groups excluding tert-OH is 1. The van der Waals surface area contributed by atoms with Crippen molar-refractivity contribution in [3.05, 3.63) is 0 Å². The number of amidine groups is 1. The maximum atomic E-state index is 11.2. The number of nitrogens with two attached hydrogens (primary N) is 1. The summed E-state index contributed by atoms with van der Waals surface area (Å²) in [7, 11) is -1.10. The molecule has 0 fully saturated rings. The first-order chi connectivity index (χ1) is 9.13. The molecule has 8 heteroatoms. The Morgan fingerprint density at radius 2 is 2.00 bits per heavy atom. The third kappa shape index (κ3) is 9.76. The van der Waals surface area contributed by atoms with Gasteiger partial charge in [-0.25, -0.2) is 0 Å². The lowest BCUT2D eigenvalue weighted by molar-refractivity contribution is -0.112. The number of hydrogen-bond acceptors (Lipinski definition) is 5. The van der Waals surface area contributed by atoms with E-state index in [0.29, 0.717) is 6.61 Å². The van der Waals surface area contributed by atoms with E-state index in [-0.39, 0.29) is 18.5 Å². The highest BCUT2D eigenvalue weighted by atomic mass is 28.3. The predicted molar refractivity (Wildman–Crippen MR) is 82.7 cm³/mol. The molecule has 0 aliphatic heterocycles. The monoisotopic (exact) mass is 304 g/mol. The van der Waals surface area contributed by atoms with Crippen molar-refractivity contribution < 1.29 is 14.6 Å². The van der Waals surface area contributed by atoms with Crippen LogP contribution in [0.4, 0.5) is 0 Å². The SMILES string of the molecule is CC(C)[C@@H](O)N/C(=N\NCOCC[Si](C)(C)C)C(N)=O. The van der Waals surface area contributed by atoms with E-state index in [0.717, 1.165) is 6.04 Å². The third-order valence-electron chi connectivity index (χ3n) is 2.50. The molecule has 0 aromatic carbocycles. The Balaban J connectivity index is 4.08. The smallest absolute Gasteiger partial charge is 0.286 e. The predicted octanol–water partition coefficient (Wildman–Crippen LogP) is 0.251. The van der Waals surface area contributed by atoms with Crippen LogP contribution in [0.2, 0.25) is 25.7 Å². The summed E-state index contributed by atoms with van der Waals surface area (Å²) >= 11 is 0. The van der Waals surface area contributed by atoms with E-state index >= 15 is 0 Å². The molecule has 7 nitrogen and oxygen atoms in total. The van der Waals surface area contributed by atoms with Crippen molar-refractivity contribution >= 4 is 19.8 Å². The summed E-state index contributed by atoms with van der Waals surface area (Å²) in [6, 6.07) is 1.06. The Bertz CT molecular complexity index is 329. The van der Waals surface area contributed by atoms with Crippen molar-refractivity contribution in [3.8, 4) is 0 Å². The molecule has 5 N–H and O–H groups in total. The van der Waals surface area contributed by atoms with Gasteiger partial charge >= 0.3 is 0 Å². The fraction of sp³-hybridized carbons (Fsp3) is 0.833. The van der Waals surface area contributed by atoms with Crippen molar-refractivity contribution in [1.82, 2.24) is 10.7 Å². The van der Waals surface area contributed by atoms with Crippen molar-refractivity contribution in [2.45, 2.75) is 45.8 Å². The van der Waals surface area contributed by atoms with Crippen LogP contribution < -0.4 is 16.5 Å². The number of aliphatic hydroxyl groups is 1. The minimum atomic E-state index is -1.10. The van der Waals surface area contributed by atoms with Gasteiger partial charge in [0.15, 0.2) is 0 Å². The highest BCUT2D eigenvalue weighted by molar-refractivity contribution is 6.76. The van der Waals surface area contributed by atoms with Gasteiger partial charge in [0.05, 0.1) is 0 Å². The second kappa shape index (κ2) is 8.93. The molecule has 0 spiro atoms. The Hall–Kier alpha value is -1.12. The van der Waals surface area contributed by atoms with Crippen LogP contribution in [0.3, 0.4) is 0 Å². The van der Waals surface area contributed by atoms with Crippen molar-refractivity contribution in [2.75, 3.05) is 13.3 Å². The van der Waals surface area contributed by atoms with Crippen LogP contribution in [0.1, 0.15) is 13.8 Å². The molecule has 0 aliphatic rings. The largest absolute Gasteiger partial charge is 0.374 e. The molecule has 0 unspecified atom stereocenters. The maximum Gasteiger partial charge on any atom is 0.286 e. The molecule has 0 saturated heterocycles. The molecule has 1 atom stereocenters. The topological polar surface area (TPSA) is 109 Å². The molecular weight excluding hydrogens is 276 g/mol. The second-order valence-corrected chi connectivity index (χ2v) is 11.8. The number of amides is 1. The van der Waals surface area contributed by atoms with Crippen molar-refractivity contribution in [1.29, 1.82) is 0 Å². The Labute approximate surface area is 122 Å². The van der Waals surface area contributed by atoms with E-state index in [4.69, 9.17) is 10.5 Å². The van der Waals surface area contributed by atoms with Crippen molar-refractivity contribution in [2.24, 2.45) is 16.8 Å². The standard InChI is InChI=1S/C12H28N4O3Si/c1-9(2)12(18)15-11(10(13)17)16-14-8-19-6-7-20(3,4)5/h9,12,14,18H,6-8H2,1-5H3,(H2,13,17)(H,15,16)/t12-/m1/s1. The van der Waals surface area contributed by atoms with Gasteiger partial charge in [0.25, 0.3) is 5.91 Å². The van der Waals surface area contributed by atoms with Crippen LogP contribution in [-0.4, -0.2) is 44.5 Å². The summed E-state index contributed by atoms with van der Waals surface area (Å²) in [5, 5.41) is 16.0. The van der Waals surface area contributed by atoms with Gasteiger partial charge < -0.3 is 20.9 Å². The highest BCUT2D eigenvalue weighted by Gasteiger charge is 2.15. The van der Waals surface area contributed by atoms with Gasteiger partial charge in [0.2, 0.25) is 5.84 Å². The first-order valence-electron chi connectivity index (χ1n) is 6.76. The summed E-state index contributed by atoms with van der Waals surface area (Å²) in [5.41, 5.74) is 7.77. The molecule has 0 aromatic rings. The zero-order chi connectivity index (χ0) is 15.8. The third-order valence-corrected chi connectivity index (χ3v) is 4.21. The van der Waals surface area contributed by atoms with Gasteiger partial charge in [-0.15, -0.1) is 0 Å². The van der Waals surface area contributed by atoms with Gasteiger partial charge in [0, 0.05) is 14.7 Å². The summed E-state index contributed by atoms with van der Waals surface area (Å²) in [5.74, 6) is -0.910. The lowest BCUT2D eigenvalue weighted by Crippen LogP contribution is -2.45. The second-order valence-electron chi connectivity index (χ2n) is 6.18. The Morgan fingerprint density at radius 1 is 1.40 bits per heavy atom. The van der Waals surface area contributed by atoms with E-state index in [9.17, 15) is 9.90 Å². The van der Waals surface area contributed by atoms with Gasteiger partial charge in [-0.1, -0.05) is 33.5 Å². The number of hydrogen-bond donors (Lipinski definition) is 4. The first-order valence-corrected chi connectivity index (χ1v) is 10.5. The van der Waals surface area contributed by atoms with Crippen LogP contribution in [0.5, 0.6) is 0 Å². The molecule has 20 heavy (non-hydrogen) atoms. The molecule has 0 heterocycles. The molecular formula is C12H28N4O3Si. The number of nitrogens with zero attached hydrogens (tertiary/aromatic N) is 1. The van der Waals surface area contributed by atoms with Crippen molar-refractivity contribution in [3.63, 3.8) is 0 Å².